The molecule has 3 atom stereocenters. The Morgan fingerprint density at radius 1 is 1.52 bits per heavy atom. The highest BCUT2D eigenvalue weighted by molar-refractivity contribution is 5.95. The van der Waals surface area contributed by atoms with Gasteiger partial charge >= 0.3 is 5.97 Å². The smallest absolute Gasteiger partial charge is 0.341 e. The highest BCUT2D eigenvalue weighted by Crippen LogP contribution is 2.53. The monoisotopic (exact) mass is 316 g/mol. The molecule has 1 aliphatic carbocycles. The quantitative estimate of drug-likeness (QED) is 0.666. The van der Waals surface area contributed by atoms with E-state index in [-0.39, 0.29) is 22.8 Å². The number of methoxy groups -OCH3 is 1. The maximum Gasteiger partial charge on any atom is 0.341 e. The number of phenolic OH excluding ortho intramolecular Hbond substituents is 1. The predicted molar refractivity (Wildman–Crippen MR) is 87.9 cm³/mol. The maximum atomic E-state index is 12.0. The Kier molecular flexibility index (Phi) is 3.66. The van der Waals surface area contributed by atoms with Crippen molar-refractivity contribution in [2.24, 2.45) is 11.8 Å². The average Bonchev–Trinajstić information content (AvgIpc) is 2.81. The zero-order valence-electron chi connectivity index (χ0n) is 14.2. The number of aromatic hydroxyl groups is 1. The third-order valence-corrected chi connectivity index (χ3v) is 5.57. The molecule has 1 heterocycles. The van der Waals surface area contributed by atoms with Crippen LogP contribution in [-0.2, 0) is 11.2 Å². The Bertz CT molecular complexity index is 691. The second kappa shape index (κ2) is 5.29. The number of benzene rings is 1. The van der Waals surface area contributed by atoms with Gasteiger partial charge in [-0.3, -0.25) is 0 Å². The number of aryl methyl sites for hydroxylation is 1. The Morgan fingerprint density at radius 3 is 2.83 bits per heavy atom. The van der Waals surface area contributed by atoms with Gasteiger partial charge in [0.05, 0.1) is 7.11 Å². The minimum Gasteiger partial charge on any atom is -0.507 e. The van der Waals surface area contributed by atoms with Crippen LogP contribution in [-0.4, -0.2) is 23.8 Å². The fourth-order valence-corrected chi connectivity index (χ4v) is 4.26. The fourth-order valence-electron chi connectivity index (χ4n) is 4.26. The van der Waals surface area contributed by atoms with Gasteiger partial charge < -0.3 is 14.6 Å². The topological polar surface area (TPSA) is 55.8 Å². The van der Waals surface area contributed by atoms with Gasteiger partial charge in [-0.25, -0.2) is 4.79 Å². The molecule has 0 aromatic heterocycles. The van der Waals surface area contributed by atoms with E-state index in [0.717, 1.165) is 18.4 Å². The van der Waals surface area contributed by atoms with Crippen LogP contribution >= 0.6 is 0 Å². The molecule has 0 amide bonds. The summed E-state index contributed by atoms with van der Waals surface area (Å²) in [5.74, 6) is 0.830. The zero-order chi connectivity index (χ0) is 16.9. The van der Waals surface area contributed by atoms with Gasteiger partial charge in [0.25, 0.3) is 0 Å². The number of allylic oxidation sites excluding steroid dienone is 1. The molecule has 0 bridgehead atoms. The number of fused-ring (bicyclic) bond motifs is 2. The van der Waals surface area contributed by atoms with Crippen molar-refractivity contribution >= 4 is 5.97 Å². The van der Waals surface area contributed by atoms with Crippen LogP contribution in [0.4, 0.5) is 0 Å². The first kappa shape index (κ1) is 15.9. The first-order valence-electron chi connectivity index (χ1n) is 8.06. The molecule has 1 aliphatic heterocycles. The van der Waals surface area contributed by atoms with Crippen molar-refractivity contribution in [3.63, 3.8) is 0 Å². The highest BCUT2D eigenvalue weighted by atomic mass is 16.5. The van der Waals surface area contributed by atoms with Gasteiger partial charge in [-0.05, 0) is 57.6 Å². The largest absolute Gasteiger partial charge is 0.507 e. The third-order valence-electron chi connectivity index (χ3n) is 5.57. The molecule has 4 heteroatoms. The molecule has 1 unspecified atom stereocenters. The van der Waals surface area contributed by atoms with Crippen molar-refractivity contribution in [2.75, 3.05) is 7.11 Å². The maximum absolute atomic E-state index is 12.0. The molecule has 1 fully saturated rings. The second-order valence-corrected chi connectivity index (χ2v) is 7.10. The van der Waals surface area contributed by atoms with Gasteiger partial charge in [0.2, 0.25) is 0 Å². The molecular formula is C19H24O4. The second-order valence-electron chi connectivity index (χ2n) is 7.10. The molecule has 124 valence electrons. The Labute approximate surface area is 137 Å². The number of hydrogen-bond acceptors (Lipinski definition) is 4. The molecule has 1 saturated carbocycles. The van der Waals surface area contributed by atoms with Crippen molar-refractivity contribution in [3.8, 4) is 11.5 Å². The number of phenols is 1. The van der Waals surface area contributed by atoms with Crippen LogP contribution in [0.3, 0.4) is 0 Å². The molecule has 3 rings (SSSR count). The van der Waals surface area contributed by atoms with Crippen molar-refractivity contribution in [1.29, 1.82) is 0 Å². The van der Waals surface area contributed by atoms with Crippen LogP contribution in [0.1, 0.15) is 48.2 Å². The minimum absolute atomic E-state index is 0.00117. The number of rotatable bonds is 2. The van der Waals surface area contributed by atoms with Gasteiger partial charge in [-0.1, -0.05) is 12.2 Å². The summed E-state index contributed by atoms with van der Waals surface area (Å²) in [6, 6.07) is 1.84. The van der Waals surface area contributed by atoms with E-state index in [9.17, 15) is 9.90 Å². The summed E-state index contributed by atoms with van der Waals surface area (Å²) < 4.78 is 11.1. The lowest BCUT2D eigenvalue weighted by molar-refractivity contribution is 0.0232. The van der Waals surface area contributed by atoms with E-state index in [0.29, 0.717) is 29.2 Å². The van der Waals surface area contributed by atoms with Crippen LogP contribution in [0.5, 0.6) is 11.5 Å². The Morgan fingerprint density at radius 2 is 2.22 bits per heavy atom. The summed E-state index contributed by atoms with van der Waals surface area (Å²) in [6.07, 6.45) is 2.72. The Balaban J connectivity index is 2.09. The highest BCUT2D eigenvalue weighted by Gasteiger charge is 2.50. The lowest BCUT2D eigenvalue weighted by atomic mass is 9.77. The van der Waals surface area contributed by atoms with E-state index >= 15 is 0 Å². The van der Waals surface area contributed by atoms with Gasteiger partial charge in [0.15, 0.2) is 0 Å². The van der Waals surface area contributed by atoms with Crippen molar-refractivity contribution in [3.05, 3.63) is 34.9 Å². The molecule has 23 heavy (non-hydrogen) atoms. The number of carbonyl (C=O) groups is 1. The minimum atomic E-state index is -0.515. The third kappa shape index (κ3) is 2.32. The van der Waals surface area contributed by atoms with Gasteiger partial charge in [0.1, 0.15) is 22.7 Å². The lowest BCUT2D eigenvalue weighted by Gasteiger charge is -2.40. The van der Waals surface area contributed by atoms with E-state index in [4.69, 9.17) is 9.47 Å². The Hall–Kier alpha value is -1.97. The van der Waals surface area contributed by atoms with E-state index < -0.39 is 5.97 Å². The van der Waals surface area contributed by atoms with Crippen LogP contribution in [0.15, 0.2) is 18.2 Å². The summed E-state index contributed by atoms with van der Waals surface area (Å²) in [5.41, 5.74) is 2.55. The first-order chi connectivity index (χ1) is 10.8. The predicted octanol–water partition coefficient (Wildman–Crippen LogP) is 3.78. The van der Waals surface area contributed by atoms with Gasteiger partial charge in [-0.15, -0.1) is 0 Å². The zero-order valence-corrected chi connectivity index (χ0v) is 14.2. The molecule has 0 spiro atoms. The fraction of sp³-hybridized carbons (Fsp3) is 0.526. The average molecular weight is 316 g/mol. The summed E-state index contributed by atoms with van der Waals surface area (Å²) in [6.45, 7) is 10.1. The van der Waals surface area contributed by atoms with E-state index in [1.807, 2.05) is 6.07 Å². The standard InChI is InChI=1S/C19H24O4/c1-10(2)12-6-7-19(4)14(12)9-13-15(23-19)8-11(3)16(17(13)20)18(21)22-5/h8,12,14,20H,1,6-7,9H2,2-5H3/t12?,14-,19+/m0/s1. The molecule has 1 N–H and O–H groups in total. The summed E-state index contributed by atoms with van der Waals surface area (Å²) in [4.78, 5) is 12.0. The normalized spacial score (nSPS) is 28.5. The van der Waals surface area contributed by atoms with Crippen LogP contribution in [0.25, 0.3) is 0 Å². The number of carbonyl (C=O) groups excluding carboxylic acids is 1. The molecule has 1 aromatic carbocycles. The molecule has 0 radical (unpaired) electrons. The summed E-state index contributed by atoms with van der Waals surface area (Å²) >= 11 is 0. The summed E-state index contributed by atoms with van der Waals surface area (Å²) in [5, 5.41) is 10.6. The molecule has 0 saturated heterocycles. The van der Waals surface area contributed by atoms with E-state index in [1.54, 1.807) is 6.92 Å². The van der Waals surface area contributed by atoms with Crippen molar-refractivity contribution in [1.82, 2.24) is 0 Å². The SMILES string of the molecule is C=C(C)C1CC[C@@]2(C)Oc3cc(C)c(C(=O)OC)c(O)c3C[C@@H]12. The number of ether oxygens (including phenoxy) is 2. The number of esters is 1. The molecular weight excluding hydrogens is 292 g/mol. The molecule has 1 aromatic rings. The first-order valence-corrected chi connectivity index (χ1v) is 8.06. The summed E-state index contributed by atoms with van der Waals surface area (Å²) in [7, 11) is 1.32. The molecule has 4 nitrogen and oxygen atoms in total. The van der Waals surface area contributed by atoms with E-state index in [1.165, 1.54) is 7.11 Å². The van der Waals surface area contributed by atoms with Crippen molar-refractivity contribution in [2.45, 2.75) is 45.6 Å². The van der Waals surface area contributed by atoms with Crippen molar-refractivity contribution < 1.29 is 19.4 Å². The number of hydrogen-bond donors (Lipinski definition) is 1. The van der Waals surface area contributed by atoms with Crippen LogP contribution in [0.2, 0.25) is 0 Å². The lowest BCUT2D eigenvalue weighted by Crippen LogP contribution is -2.43. The van der Waals surface area contributed by atoms with Crippen LogP contribution < -0.4 is 4.74 Å². The van der Waals surface area contributed by atoms with Crippen LogP contribution in [0, 0.1) is 18.8 Å². The van der Waals surface area contributed by atoms with Gasteiger partial charge in [-0.2, -0.15) is 0 Å². The van der Waals surface area contributed by atoms with E-state index in [2.05, 4.69) is 20.4 Å². The molecule has 2 aliphatic rings. The van der Waals surface area contributed by atoms with Gasteiger partial charge in [0, 0.05) is 11.5 Å².